The molecule has 0 spiro atoms. The molecule has 120 valence electrons. The largest absolute Gasteiger partial charge is 0.482 e. The van der Waals surface area contributed by atoms with Gasteiger partial charge in [-0.15, -0.1) is 0 Å². The summed E-state index contributed by atoms with van der Waals surface area (Å²) in [6.45, 7) is -0.534. The van der Waals surface area contributed by atoms with Gasteiger partial charge in [-0.25, -0.2) is 8.78 Å². The van der Waals surface area contributed by atoms with E-state index in [-0.39, 0.29) is 22.1 Å². The van der Waals surface area contributed by atoms with Crippen LogP contribution in [0, 0.1) is 21.7 Å². The lowest BCUT2D eigenvalue weighted by molar-refractivity contribution is -0.384. The highest BCUT2D eigenvalue weighted by Crippen LogP contribution is 2.28. The minimum atomic E-state index is -0.798. The van der Waals surface area contributed by atoms with Gasteiger partial charge >= 0.3 is 0 Å². The van der Waals surface area contributed by atoms with Crippen LogP contribution >= 0.6 is 11.6 Å². The lowest BCUT2D eigenvalue weighted by Gasteiger charge is -2.09. The first-order valence-electron chi connectivity index (χ1n) is 6.18. The van der Waals surface area contributed by atoms with Crippen LogP contribution in [-0.4, -0.2) is 17.4 Å². The predicted octanol–water partition coefficient (Wildman–Crippen LogP) is 3.54. The molecule has 0 atom stereocenters. The summed E-state index contributed by atoms with van der Waals surface area (Å²) in [5.41, 5.74) is -0.554. The first kappa shape index (κ1) is 16.6. The number of carbonyl (C=O) groups is 1. The average molecular weight is 343 g/mol. The van der Waals surface area contributed by atoms with Gasteiger partial charge in [0.1, 0.15) is 17.4 Å². The van der Waals surface area contributed by atoms with Crippen molar-refractivity contribution in [2.45, 2.75) is 0 Å². The maximum absolute atomic E-state index is 13.4. The van der Waals surface area contributed by atoms with E-state index >= 15 is 0 Å². The number of amides is 1. The third kappa shape index (κ3) is 4.36. The summed E-state index contributed by atoms with van der Waals surface area (Å²) in [6.07, 6.45) is 0. The molecule has 6 nitrogen and oxygen atoms in total. The fraction of sp³-hybridized carbons (Fsp3) is 0.0714. The first-order chi connectivity index (χ1) is 10.9. The van der Waals surface area contributed by atoms with Gasteiger partial charge in [0.15, 0.2) is 6.61 Å². The summed E-state index contributed by atoms with van der Waals surface area (Å²) in [6, 6.07) is 6.08. The molecule has 1 N–H and O–H groups in total. The van der Waals surface area contributed by atoms with Crippen LogP contribution in [0.1, 0.15) is 0 Å². The number of nitro benzene ring substituents is 1. The molecule has 0 heterocycles. The zero-order chi connectivity index (χ0) is 17.0. The van der Waals surface area contributed by atoms with E-state index in [0.29, 0.717) is 0 Å². The molecule has 0 fully saturated rings. The Kier molecular flexibility index (Phi) is 5.07. The molecule has 0 aliphatic rings. The molecule has 1 amide bonds. The summed E-state index contributed by atoms with van der Waals surface area (Å²) >= 11 is 5.79. The second-order valence-electron chi connectivity index (χ2n) is 4.33. The molecule has 2 aromatic rings. The second-order valence-corrected chi connectivity index (χ2v) is 4.74. The van der Waals surface area contributed by atoms with Gasteiger partial charge in [-0.2, -0.15) is 0 Å². The zero-order valence-corrected chi connectivity index (χ0v) is 12.1. The maximum atomic E-state index is 13.4. The fourth-order valence-corrected chi connectivity index (χ4v) is 1.87. The number of rotatable bonds is 5. The molecular formula is C14H9ClF2N2O4. The Bertz CT molecular complexity index is 770. The van der Waals surface area contributed by atoms with Crippen molar-refractivity contribution in [3.63, 3.8) is 0 Å². The van der Waals surface area contributed by atoms with Gasteiger partial charge in [0.2, 0.25) is 0 Å². The van der Waals surface area contributed by atoms with E-state index in [9.17, 15) is 23.7 Å². The molecule has 23 heavy (non-hydrogen) atoms. The average Bonchev–Trinajstić information content (AvgIpc) is 2.49. The number of nitro groups is 1. The van der Waals surface area contributed by atoms with Crippen LogP contribution in [0.4, 0.5) is 20.2 Å². The third-order valence-corrected chi connectivity index (χ3v) is 2.98. The van der Waals surface area contributed by atoms with Crippen molar-refractivity contribution in [1.29, 1.82) is 0 Å². The van der Waals surface area contributed by atoms with Crippen molar-refractivity contribution in [2.75, 3.05) is 11.9 Å². The van der Waals surface area contributed by atoms with Gasteiger partial charge in [0.25, 0.3) is 11.6 Å². The minimum absolute atomic E-state index is 0.0483. The molecule has 9 heteroatoms. The highest BCUT2D eigenvalue weighted by Gasteiger charge is 2.13. The minimum Gasteiger partial charge on any atom is -0.482 e. The van der Waals surface area contributed by atoms with Crippen LogP contribution in [0.15, 0.2) is 36.4 Å². The van der Waals surface area contributed by atoms with Gasteiger partial charge in [-0.1, -0.05) is 11.6 Å². The van der Waals surface area contributed by atoms with E-state index in [1.54, 1.807) is 0 Å². The van der Waals surface area contributed by atoms with Crippen molar-refractivity contribution in [2.24, 2.45) is 0 Å². The summed E-state index contributed by atoms with van der Waals surface area (Å²) in [5, 5.41) is 12.7. The number of halogens is 3. The highest BCUT2D eigenvalue weighted by atomic mass is 35.5. The molecule has 0 saturated heterocycles. The van der Waals surface area contributed by atoms with Crippen molar-refractivity contribution >= 4 is 28.9 Å². The van der Waals surface area contributed by atoms with Crippen LogP contribution in [0.2, 0.25) is 5.02 Å². The first-order valence-corrected chi connectivity index (χ1v) is 6.56. The van der Waals surface area contributed by atoms with Gasteiger partial charge in [0.05, 0.1) is 15.6 Å². The van der Waals surface area contributed by atoms with Crippen LogP contribution in [0.25, 0.3) is 0 Å². The van der Waals surface area contributed by atoms with Gasteiger partial charge < -0.3 is 10.1 Å². The number of nitrogens with zero attached hydrogens (tertiary/aromatic N) is 1. The zero-order valence-electron chi connectivity index (χ0n) is 11.4. The standard InChI is InChI=1S/C14H9ClF2N2O4/c15-10-6-9(19(21)22)2-4-13(10)23-7-14(20)18-12-5-8(16)1-3-11(12)17/h1-6H,7H2,(H,18,20). The number of benzene rings is 2. The van der Waals surface area contributed by atoms with E-state index in [2.05, 4.69) is 5.32 Å². The molecule has 0 aliphatic carbocycles. The SMILES string of the molecule is O=C(COc1ccc([N+](=O)[O-])cc1Cl)Nc1cc(F)ccc1F. The van der Waals surface area contributed by atoms with Crippen LogP contribution < -0.4 is 10.1 Å². The van der Waals surface area contributed by atoms with Crippen molar-refractivity contribution in [3.05, 3.63) is 63.2 Å². The van der Waals surface area contributed by atoms with Crippen molar-refractivity contribution in [3.8, 4) is 5.75 Å². The fourth-order valence-electron chi connectivity index (χ4n) is 1.64. The quantitative estimate of drug-likeness (QED) is 0.665. The number of ether oxygens (including phenoxy) is 1. The summed E-state index contributed by atoms with van der Waals surface area (Å²) in [5.74, 6) is -2.20. The molecule has 0 bridgehead atoms. The molecule has 2 rings (SSSR count). The van der Waals surface area contributed by atoms with Crippen LogP contribution in [0.5, 0.6) is 5.75 Å². The molecule has 2 aromatic carbocycles. The Morgan fingerprint density at radius 1 is 1.26 bits per heavy atom. The molecule has 0 aliphatic heterocycles. The van der Waals surface area contributed by atoms with Gasteiger partial charge in [-0.3, -0.25) is 14.9 Å². The molecule has 0 unspecified atom stereocenters. The number of non-ortho nitro benzene ring substituents is 1. The summed E-state index contributed by atoms with van der Waals surface area (Å²) < 4.78 is 31.4. The maximum Gasteiger partial charge on any atom is 0.271 e. The molecule has 0 radical (unpaired) electrons. The Morgan fingerprint density at radius 2 is 2.00 bits per heavy atom. The van der Waals surface area contributed by atoms with E-state index in [4.69, 9.17) is 16.3 Å². The molecule has 0 saturated carbocycles. The van der Waals surface area contributed by atoms with E-state index in [1.165, 1.54) is 6.07 Å². The monoisotopic (exact) mass is 342 g/mol. The topological polar surface area (TPSA) is 81.5 Å². The Balaban J connectivity index is 1.99. The smallest absolute Gasteiger partial charge is 0.271 e. The Hall–Kier alpha value is -2.74. The number of anilines is 1. The number of carbonyl (C=O) groups excluding carboxylic acids is 1. The van der Waals surface area contributed by atoms with E-state index in [0.717, 1.165) is 30.3 Å². The molecule has 0 aromatic heterocycles. The van der Waals surface area contributed by atoms with E-state index < -0.39 is 29.1 Å². The lowest BCUT2D eigenvalue weighted by atomic mass is 10.3. The lowest BCUT2D eigenvalue weighted by Crippen LogP contribution is -2.21. The Labute approximate surface area is 133 Å². The van der Waals surface area contributed by atoms with Crippen LogP contribution in [0.3, 0.4) is 0 Å². The number of nitrogens with one attached hydrogen (secondary N) is 1. The predicted molar refractivity (Wildman–Crippen MR) is 78.6 cm³/mol. The van der Waals surface area contributed by atoms with Gasteiger partial charge in [0, 0.05) is 18.2 Å². The number of hydrogen-bond donors (Lipinski definition) is 1. The molecular weight excluding hydrogens is 334 g/mol. The second kappa shape index (κ2) is 7.01. The third-order valence-electron chi connectivity index (χ3n) is 2.69. The van der Waals surface area contributed by atoms with E-state index in [1.807, 2.05) is 0 Å². The van der Waals surface area contributed by atoms with Crippen molar-refractivity contribution in [1.82, 2.24) is 0 Å². The summed E-state index contributed by atoms with van der Waals surface area (Å²) in [4.78, 5) is 21.6. The van der Waals surface area contributed by atoms with Crippen molar-refractivity contribution < 1.29 is 23.2 Å². The Morgan fingerprint density at radius 3 is 2.65 bits per heavy atom. The highest BCUT2D eigenvalue weighted by molar-refractivity contribution is 6.32. The summed E-state index contributed by atoms with van der Waals surface area (Å²) in [7, 11) is 0. The normalized spacial score (nSPS) is 10.2. The van der Waals surface area contributed by atoms with Gasteiger partial charge in [-0.05, 0) is 18.2 Å². The number of hydrogen-bond acceptors (Lipinski definition) is 4. The van der Waals surface area contributed by atoms with Crippen LogP contribution in [-0.2, 0) is 4.79 Å².